The summed E-state index contributed by atoms with van der Waals surface area (Å²) in [4.78, 5) is 38.2. The summed E-state index contributed by atoms with van der Waals surface area (Å²) in [5.74, 6) is -0.788. The van der Waals surface area contributed by atoms with E-state index in [2.05, 4.69) is 9.93 Å². The first kappa shape index (κ1) is 21.8. The van der Waals surface area contributed by atoms with Crippen LogP contribution >= 0.6 is 0 Å². The average molecular weight is 464 g/mol. The van der Waals surface area contributed by atoms with Crippen molar-refractivity contribution >= 4 is 33.7 Å². The van der Waals surface area contributed by atoms with Gasteiger partial charge in [0.25, 0.3) is 27.5 Å². The first-order valence-electron chi connectivity index (χ1n) is 9.60. The smallest absolute Gasteiger partial charge is 0.270 e. The minimum absolute atomic E-state index is 0.0123. The molecule has 33 heavy (non-hydrogen) atoms. The largest absolute Gasteiger partial charge is 0.276 e. The molecule has 0 unspecified atom stereocenters. The second-order valence-electron chi connectivity index (χ2n) is 7.09. The Morgan fingerprint density at radius 1 is 0.909 bits per heavy atom. The number of fused-ring (bicyclic) bond motifs is 1. The van der Waals surface area contributed by atoms with Gasteiger partial charge in [0.1, 0.15) is 0 Å². The van der Waals surface area contributed by atoms with Crippen molar-refractivity contribution in [2.45, 2.75) is 11.4 Å². The van der Waals surface area contributed by atoms with Gasteiger partial charge in [-0.3, -0.25) is 24.6 Å². The van der Waals surface area contributed by atoms with Crippen molar-refractivity contribution in [3.63, 3.8) is 0 Å². The van der Waals surface area contributed by atoms with E-state index in [1.807, 2.05) is 0 Å². The number of sulfonamides is 1. The van der Waals surface area contributed by atoms with Crippen LogP contribution in [0.3, 0.4) is 0 Å². The van der Waals surface area contributed by atoms with Crippen molar-refractivity contribution in [2.75, 3.05) is 0 Å². The van der Waals surface area contributed by atoms with E-state index in [0.29, 0.717) is 22.3 Å². The number of non-ortho nitro benzene ring substituents is 1. The molecule has 2 amide bonds. The molecular weight excluding hydrogens is 448 g/mol. The molecule has 1 N–H and O–H groups in total. The van der Waals surface area contributed by atoms with Crippen molar-refractivity contribution in [2.24, 2.45) is 5.10 Å². The molecule has 1 aliphatic heterocycles. The topological polar surface area (TPSA) is 139 Å². The fourth-order valence-electron chi connectivity index (χ4n) is 3.24. The van der Waals surface area contributed by atoms with E-state index in [-0.39, 0.29) is 17.1 Å². The number of nitrogens with one attached hydrogen (secondary N) is 1. The Kier molecular flexibility index (Phi) is 5.71. The van der Waals surface area contributed by atoms with Crippen molar-refractivity contribution < 1.29 is 22.9 Å². The molecule has 11 heteroatoms. The van der Waals surface area contributed by atoms with E-state index in [9.17, 15) is 28.1 Å². The van der Waals surface area contributed by atoms with Crippen LogP contribution in [0.1, 0.15) is 31.8 Å². The maximum atomic E-state index is 12.5. The first-order chi connectivity index (χ1) is 15.8. The highest BCUT2D eigenvalue weighted by Crippen LogP contribution is 2.24. The Morgan fingerprint density at radius 3 is 2.03 bits per heavy atom. The molecule has 10 nitrogen and oxygen atoms in total. The molecule has 0 saturated heterocycles. The van der Waals surface area contributed by atoms with Gasteiger partial charge in [0.05, 0.1) is 33.7 Å². The minimum atomic E-state index is -3.96. The monoisotopic (exact) mass is 464 g/mol. The van der Waals surface area contributed by atoms with Crippen LogP contribution in [0, 0.1) is 10.1 Å². The van der Waals surface area contributed by atoms with Crippen molar-refractivity contribution in [1.82, 2.24) is 9.73 Å². The van der Waals surface area contributed by atoms with Crippen LogP contribution in [0.5, 0.6) is 0 Å². The van der Waals surface area contributed by atoms with Gasteiger partial charge in [-0.25, -0.2) is 4.83 Å². The molecule has 0 fully saturated rings. The number of imide groups is 1. The second-order valence-corrected chi connectivity index (χ2v) is 8.75. The third-order valence-electron chi connectivity index (χ3n) is 4.94. The summed E-state index contributed by atoms with van der Waals surface area (Å²) in [6, 6.07) is 17.7. The minimum Gasteiger partial charge on any atom is -0.270 e. The van der Waals surface area contributed by atoms with Crippen LogP contribution < -0.4 is 4.83 Å². The SMILES string of the molecule is O=C1c2ccccc2C(=O)N1Cc1ccc(S(=O)(=O)N/N=C/c2ccc([N+](=O)[O-])cc2)cc1. The lowest BCUT2D eigenvalue weighted by molar-refractivity contribution is -0.384. The summed E-state index contributed by atoms with van der Waals surface area (Å²) >= 11 is 0. The maximum Gasteiger partial charge on any atom is 0.276 e. The molecule has 0 radical (unpaired) electrons. The summed E-state index contributed by atoms with van der Waals surface area (Å²) in [6.45, 7) is 0.0123. The van der Waals surface area contributed by atoms with Gasteiger partial charge in [-0.2, -0.15) is 13.5 Å². The molecule has 0 bridgehead atoms. The summed E-state index contributed by atoms with van der Waals surface area (Å²) in [6.07, 6.45) is 1.22. The van der Waals surface area contributed by atoms with E-state index in [4.69, 9.17) is 0 Å². The van der Waals surface area contributed by atoms with E-state index in [0.717, 1.165) is 4.90 Å². The highest BCUT2D eigenvalue weighted by Gasteiger charge is 2.34. The van der Waals surface area contributed by atoms with Crippen LogP contribution in [0.2, 0.25) is 0 Å². The Labute approximate surface area is 188 Å². The van der Waals surface area contributed by atoms with Gasteiger partial charge < -0.3 is 0 Å². The lowest BCUT2D eigenvalue weighted by atomic mass is 10.1. The van der Waals surface area contributed by atoms with Crippen LogP contribution in [0.25, 0.3) is 0 Å². The average Bonchev–Trinajstić information content (AvgIpc) is 3.05. The van der Waals surface area contributed by atoms with Crippen molar-refractivity contribution in [1.29, 1.82) is 0 Å². The molecule has 0 saturated carbocycles. The number of hydrazone groups is 1. The zero-order chi connectivity index (χ0) is 23.6. The molecule has 3 aromatic rings. The molecule has 4 rings (SSSR count). The highest BCUT2D eigenvalue weighted by molar-refractivity contribution is 7.89. The summed E-state index contributed by atoms with van der Waals surface area (Å²) in [5, 5.41) is 14.3. The van der Waals surface area contributed by atoms with Crippen molar-refractivity contribution in [3.8, 4) is 0 Å². The normalized spacial score (nSPS) is 13.4. The molecule has 3 aromatic carbocycles. The number of carbonyl (C=O) groups is 2. The molecule has 166 valence electrons. The van der Waals surface area contributed by atoms with Crippen molar-refractivity contribution in [3.05, 3.63) is 105 Å². The third kappa shape index (κ3) is 4.48. The number of carbonyl (C=O) groups excluding carboxylic acids is 2. The number of hydrogen-bond donors (Lipinski definition) is 1. The second kappa shape index (κ2) is 8.63. The predicted molar refractivity (Wildman–Crippen MR) is 118 cm³/mol. The van der Waals surface area contributed by atoms with Crippen LogP contribution in [0.4, 0.5) is 5.69 Å². The predicted octanol–water partition coefficient (Wildman–Crippen LogP) is 2.70. The number of nitrogens with zero attached hydrogens (tertiary/aromatic N) is 3. The zero-order valence-corrected chi connectivity index (χ0v) is 17.7. The lowest BCUT2D eigenvalue weighted by Gasteiger charge is -2.14. The molecule has 0 spiro atoms. The van der Waals surface area contributed by atoms with E-state index in [1.54, 1.807) is 24.3 Å². The standard InChI is InChI=1S/C22H16N4O6S/c27-21-19-3-1-2-4-20(19)22(28)25(21)14-16-7-11-18(12-8-16)33(31,32)24-23-13-15-5-9-17(10-6-15)26(29)30/h1-13,24H,14H2/b23-13+. The van der Waals surface area contributed by atoms with Gasteiger partial charge in [0.15, 0.2) is 0 Å². The van der Waals surface area contributed by atoms with Gasteiger partial charge in [-0.15, -0.1) is 0 Å². The van der Waals surface area contributed by atoms with E-state index in [1.165, 1.54) is 54.7 Å². The Balaban J connectivity index is 1.41. The molecular formula is C22H16N4O6S. The zero-order valence-electron chi connectivity index (χ0n) is 16.9. The molecule has 0 atom stereocenters. The number of rotatable bonds is 7. The number of benzene rings is 3. The Bertz CT molecular complexity index is 1350. The quantitative estimate of drug-likeness (QED) is 0.247. The van der Waals surface area contributed by atoms with E-state index < -0.39 is 26.8 Å². The van der Waals surface area contributed by atoms with E-state index >= 15 is 0 Å². The van der Waals surface area contributed by atoms with Gasteiger partial charge in [0.2, 0.25) is 0 Å². The molecule has 0 aromatic heterocycles. The summed E-state index contributed by atoms with van der Waals surface area (Å²) in [5.41, 5.74) is 1.65. The Morgan fingerprint density at radius 2 is 1.48 bits per heavy atom. The maximum absolute atomic E-state index is 12.5. The fraction of sp³-hybridized carbons (Fsp3) is 0.0455. The third-order valence-corrected chi connectivity index (χ3v) is 6.18. The summed E-state index contributed by atoms with van der Waals surface area (Å²) in [7, 11) is -3.96. The first-order valence-corrected chi connectivity index (χ1v) is 11.1. The van der Waals surface area contributed by atoms with Gasteiger partial charge in [-0.1, -0.05) is 24.3 Å². The number of amides is 2. The molecule has 1 heterocycles. The van der Waals surface area contributed by atoms with Crippen LogP contribution in [-0.2, 0) is 16.6 Å². The highest BCUT2D eigenvalue weighted by atomic mass is 32.2. The fourth-order valence-corrected chi connectivity index (χ4v) is 4.04. The van der Waals surface area contributed by atoms with Crippen LogP contribution in [-0.4, -0.2) is 36.3 Å². The van der Waals surface area contributed by atoms with Crippen LogP contribution in [0.15, 0.2) is 82.8 Å². The van der Waals surface area contributed by atoms with Gasteiger partial charge in [0, 0.05) is 12.1 Å². The van der Waals surface area contributed by atoms with Gasteiger partial charge >= 0.3 is 0 Å². The Hall–Kier alpha value is -4.38. The number of nitro groups is 1. The molecule has 1 aliphatic rings. The lowest BCUT2D eigenvalue weighted by Crippen LogP contribution is -2.29. The number of hydrogen-bond acceptors (Lipinski definition) is 7. The van der Waals surface area contributed by atoms with Gasteiger partial charge in [-0.05, 0) is 47.5 Å². The summed E-state index contributed by atoms with van der Waals surface area (Å²) < 4.78 is 24.9. The molecule has 0 aliphatic carbocycles. The number of nitro benzene ring substituents is 1.